The molecular weight excluding hydrogens is 359 g/mol. The highest BCUT2D eigenvalue weighted by Gasteiger charge is 2.27. The van der Waals surface area contributed by atoms with Crippen LogP contribution in [0.1, 0.15) is 46.6 Å². The van der Waals surface area contributed by atoms with Gasteiger partial charge in [0.25, 0.3) is 11.8 Å². The fraction of sp³-hybridized carbons (Fsp3) is 0.273. The molecular formula is C22H21FN2O3. The van der Waals surface area contributed by atoms with E-state index >= 15 is 0 Å². The maximum atomic E-state index is 13.1. The lowest BCUT2D eigenvalue weighted by Gasteiger charge is -2.19. The van der Waals surface area contributed by atoms with E-state index in [1.165, 1.54) is 24.3 Å². The summed E-state index contributed by atoms with van der Waals surface area (Å²) in [6.45, 7) is 1.36. The third-order valence-electron chi connectivity index (χ3n) is 5.03. The molecule has 28 heavy (non-hydrogen) atoms. The summed E-state index contributed by atoms with van der Waals surface area (Å²) in [5.74, 6) is -0.912. The third kappa shape index (κ3) is 3.63. The summed E-state index contributed by atoms with van der Waals surface area (Å²) in [7, 11) is 0. The number of carbonyl (C=O) groups excluding carboxylic acids is 2. The van der Waals surface area contributed by atoms with Gasteiger partial charge in [-0.3, -0.25) is 9.59 Å². The van der Waals surface area contributed by atoms with Crippen molar-refractivity contribution in [2.45, 2.75) is 25.7 Å². The lowest BCUT2D eigenvalue weighted by atomic mass is 10.1. The minimum atomic E-state index is -0.420. The zero-order valence-corrected chi connectivity index (χ0v) is 15.4. The molecule has 1 fully saturated rings. The predicted octanol–water partition coefficient (Wildman–Crippen LogP) is 4.84. The lowest BCUT2D eigenvalue weighted by molar-refractivity contribution is 0.0733. The first-order valence-electron chi connectivity index (χ1n) is 9.51. The Bertz CT molecular complexity index is 1000. The lowest BCUT2D eigenvalue weighted by Crippen LogP contribution is -2.32. The topological polar surface area (TPSA) is 62.6 Å². The van der Waals surface area contributed by atoms with Gasteiger partial charge >= 0.3 is 0 Å². The van der Waals surface area contributed by atoms with Crippen LogP contribution in [0.15, 0.2) is 52.9 Å². The summed E-state index contributed by atoms with van der Waals surface area (Å²) in [6.07, 6.45) is 4.14. The fourth-order valence-electron chi connectivity index (χ4n) is 3.52. The van der Waals surface area contributed by atoms with E-state index in [4.69, 9.17) is 4.42 Å². The number of benzene rings is 2. The number of halogens is 1. The molecule has 3 aromatic rings. The van der Waals surface area contributed by atoms with Crippen LogP contribution < -0.4 is 5.32 Å². The van der Waals surface area contributed by atoms with Crippen molar-refractivity contribution in [2.24, 2.45) is 0 Å². The summed E-state index contributed by atoms with van der Waals surface area (Å²) in [4.78, 5) is 27.6. The van der Waals surface area contributed by atoms with Crippen molar-refractivity contribution >= 4 is 28.5 Å². The Balaban J connectivity index is 1.69. The van der Waals surface area contributed by atoms with Crippen molar-refractivity contribution < 1.29 is 18.4 Å². The summed E-state index contributed by atoms with van der Waals surface area (Å²) < 4.78 is 19.0. The average Bonchev–Trinajstić information content (AvgIpc) is 2.88. The van der Waals surface area contributed by atoms with E-state index in [1.807, 2.05) is 12.1 Å². The van der Waals surface area contributed by atoms with Crippen LogP contribution in [0.25, 0.3) is 11.0 Å². The molecule has 0 atom stereocenters. The van der Waals surface area contributed by atoms with Crippen molar-refractivity contribution in [3.63, 3.8) is 0 Å². The van der Waals surface area contributed by atoms with Crippen molar-refractivity contribution in [1.29, 1.82) is 0 Å². The van der Waals surface area contributed by atoms with Crippen LogP contribution in [0, 0.1) is 5.82 Å². The molecule has 1 aliphatic rings. The Morgan fingerprint density at radius 1 is 0.929 bits per heavy atom. The number of anilines is 1. The zero-order valence-electron chi connectivity index (χ0n) is 15.4. The molecule has 5 nitrogen and oxygen atoms in total. The van der Waals surface area contributed by atoms with Gasteiger partial charge in [0, 0.05) is 24.0 Å². The van der Waals surface area contributed by atoms with Crippen LogP contribution in [0.3, 0.4) is 0 Å². The van der Waals surface area contributed by atoms with Crippen molar-refractivity contribution in [1.82, 2.24) is 4.90 Å². The van der Waals surface area contributed by atoms with Crippen LogP contribution in [-0.4, -0.2) is 29.8 Å². The maximum Gasteiger partial charge on any atom is 0.291 e. The molecule has 0 aliphatic carbocycles. The number of carbonyl (C=O) groups is 2. The number of hydrogen-bond donors (Lipinski definition) is 1. The van der Waals surface area contributed by atoms with Gasteiger partial charge in [0.15, 0.2) is 0 Å². The maximum absolute atomic E-state index is 13.1. The summed E-state index contributed by atoms with van der Waals surface area (Å²) in [6, 6.07) is 12.5. The molecule has 1 aliphatic heterocycles. The van der Waals surface area contributed by atoms with Crippen molar-refractivity contribution in [3.8, 4) is 0 Å². The minimum absolute atomic E-state index is 0.138. The van der Waals surface area contributed by atoms with Crippen molar-refractivity contribution in [3.05, 3.63) is 65.7 Å². The summed E-state index contributed by atoms with van der Waals surface area (Å²) >= 11 is 0. The van der Waals surface area contributed by atoms with Gasteiger partial charge in [0.05, 0.1) is 0 Å². The molecule has 4 rings (SSSR count). The van der Waals surface area contributed by atoms with Gasteiger partial charge in [-0.25, -0.2) is 4.39 Å². The number of hydrogen-bond acceptors (Lipinski definition) is 3. The molecule has 0 bridgehead atoms. The Labute approximate surface area is 162 Å². The number of rotatable bonds is 3. The van der Waals surface area contributed by atoms with Gasteiger partial charge in [-0.1, -0.05) is 25.0 Å². The third-order valence-corrected chi connectivity index (χ3v) is 5.03. The van der Waals surface area contributed by atoms with Gasteiger partial charge in [0.2, 0.25) is 5.76 Å². The molecule has 144 valence electrons. The number of nitrogens with zero attached hydrogens (tertiary/aromatic N) is 1. The smallest absolute Gasteiger partial charge is 0.291 e. The minimum Gasteiger partial charge on any atom is -0.449 e. The first-order chi connectivity index (χ1) is 13.6. The van der Waals surface area contributed by atoms with E-state index in [0.717, 1.165) is 25.7 Å². The van der Waals surface area contributed by atoms with Crippen LogP contribution in [0.2, 0.25) is 0 Å². The first kappa shape index (κ1) is 18.2. The second kappa shape index (κ2) is 7.84. The molecule has 0 saturated carbocycles. The van der Waals surface area contributed by atoms with Gasteiger partial charge in [-0.05, 0) is 49.2 Å². The average molecular weight is 380 g/mol. The molecule has 1 N–H and O–H groups in total. The quantitative estimate of drug-likeness (QED) is 0.707. The van der Waals surface area contributed by atoms with E-state index in [9.17, 15) is 14.0 Å². The molecule has 0 unspecified atom stereocenters. The van der Waals surface area contributed by atoms with Crippen LogP contribution in [-0.2, 0) is 0 Å². The second-order valence-corrected chi connectivity index (χ2v) is 6.97. The van der Waals surface area contributed by atoms with E-state index in [2.05, 4.69) is 5.32 Å². The van der Waals surface area contributed by atoms with Gasteiger partial charge < -0.3 is 14.6 Å². The van der Waals surface area contributed by atoms with Crippen LogP contribution in [0.5, 0.6) is 0 Å². The molecule has 1 saturated heterocycles. The number of nitrogens with one attached hydrogen (secondary N) is 1. The highest BCUT2D eigenvalue weighted by atomic mass is 19.1. The SMILES string of the molecule is O=C(Nc1c(C(=O)N2CCCCCC2)oc2ccccc12)c1ccc(F)cc1. The molecule has 0 spiro atoms. The molecule has 1 aromatic heterocycles. The molecule has 0 radical (unpaired) electrons. The highest BCUT2D eigenvalue weighted by Crippen LogP contribution is 2.32. The first-order valence-corrected chi connectivity index (χ1v) is 9.51. The number of likely N-dealkylation sites (tertiary alicyclic amines) is 1. The number of amides is 2. The molecule has 6 heteroatoms. The monoisotopic (exact) mass is 380 g/mol. The van der Waals surface area contributed by atoms with Crippen molar-refractivity contribution in [2.75, 3.05) is 18.4 Å². The largest absolute Gasteiger partial charge is 0.449 e. The zero-order chi connectivity index (χ0) is 19.5. The highest BCUT2D eigenvalue weighted by molar-refractivity contribution is 6.14. The summed E-state index contributed by atoms with van der Waals surface area (Å²) in [5, 5.41) is 3.47. The Morgan fingerprint density at radius 3 is 2.32 bits per heavy atom. The summed E-state index contributed by atoms with van der Waals surface area (Å²) in [5.41, 5.74) is 1.20. The fourth-order valence-corrected chi connectivity index (χ4v) is 3.52. The number of fused-ring (bicyclic) bond motifs is 1. The molecule has 2 amide bonds. The molecule has 2 aromatic carbocycles. The van der Waals surface area contributed by atoms with Gasteiger partial charge in [-0.15, -0.1) is 0 Å². The normalized spacial score (nSPS) is 14.7. The van der Waals surface area contributed by atoms with Crippen LogP contribution in [0.4, 0.5) is 10.1 Å². The van der Waals surface area contributed by atoms with Crippen LogP contribution >= 0.6 is 0 Å². The van der Waals surface area contributed by atoms with Gasteiger partial charge in [-0.2, -0.15) is 0 Å². The molecule has 2 heterocycles. The van der Waals surface area contributed by atoms with E-state index in [-0.39, 0.29) is 11.7 Å². The number of para-hydroxylation sites is 1. The standard InChI is InChI=1S/C22H21FN2O3/c23-16-11-9-15(10-12-16)21(26)24-19-17-7-3-4-8-18(17)28-20(19)22(27)25-13-5-1-2-6-14-25/h3-4,7-12H,1-2,5-6,13-14H2,(H,24,26). The Morgan fingerprint density at radius 2 is 1.61 bits per heavy atom. The number of furan rings is 1. The Hall–Kier alpha value is -3.15. The Kier molecular flexibility index (Phi) is 5.10. The second-order valence-electron chi connectivity index (χ2n) is 6.97. The van der Waals surface area contributed by atoms with Gasteiger partial charge in [0.1, 0.15) is 17.1 Å². The van der Waals surface area contributed by atoms with E-state index < -0.39 is 11.7 Å². The van der Waals surface area contributed by atoms with E-state index in [0.29, 0.717) is 35.3 Å². The van der Waals surface area contributed by atoms with E-state index in [1.54, 1.807) is 17.0 Å². The predicted molar refractivity (Wildman–Crippen MR) is 105 cm³/mol.